The lowest BCUT2D eigenvalue weighted by atomic mass is 10.3. The number of aliphatic hydroxyl groups is 2. The van der Waals surface area contributed by atoms with Gasteiger partial charge in [-0.05, 0) is 24.3 Å². The minimum absolute atomic E-state index is 0.278. The number of nitrogens with two attached hydrogens (primary N) is 1. The molecule has 0 aliphatic rings. The van der Waals surface area contributed by atoms with E-state index in [9.17, 15) is 4.79 Å². The van der Waals surface area contributed by atoms with Crippen LogP contribution in [0.25, 0.3) is 0 Å². The van der Waals surface area contributed by atoms with Crippen LogP contribution in [0.4, 0.5) is 5.69 Å². The number of ether oxygens (including phenoxy) is 1. The lowest BCUT2D eigenvalue weighted by molar-refractivity contribution is -0.116. The Balaban J connectivity index is 0.000000288. The van der Waals surface area contributed by atoms with Gasteiger partial charge >= 0.3 is 0 Å². The molecule has 0 aliphatic carbocycles. The molecule has 0 fully saturated rings. The summed E-state index contributed by atoms with van der Waals surface area (Å²) in [6.07, 6.45) is -0.912. The third kappa shape index (κ3) is 6.48. The van der Waals surface area contributed by atoms with Crippen LogP contribution >= 0.6 is 0 Å². The van der Waals surface area contributed by atoms with Gasteiger partial charge in [0.25, 0.3) is 0 Å². The molecular weight excluding hydrogens is 198 g/mol. The van der Waals surface area contributed by atoms with Gasteiger partial charge in [0.2, 0.25) is 0 Å². The highest BCUT2D eigenvalue weighted by Crippen LogP contribution is 2.11. The number of anilines is 1. The summed E-state index contributed by atoms with van der Waals surface area (Å²) in [5.41, 5.74) is 6.19. The van der Waals surface area contributed by atoms with Gasteiger partial charge in [-0.1, -0.05) is 0 Å². The molecule has 0 radical (unpaired) electrons. The molecule has 4 N–H and O–H groups in total. The first-order valence-electron chi connectivity index (χ1n) is 4.27. The molecule has 5 heteroatoms. The number of carbonyl (C=O) groups excluding carboxylic acids is 1. The highest BCUT2D eigenvalue weighted by molar-refractivity contribution is 5.55. The van der Waals surface area contributed by atoms with E-state index < -0.39 is 12.7 Å². The molecule has 0 saturated carbocycles. The van der Waals surface area contributed by atoms with Gasteiger partial charge in [0.15, 0.2) is 6.29 Å². The number of aliphatic hydroxyl groups excluding tert-OH is 2. The van der Waals surface area contributed by atoms with Crippen molar-refractivity contribution in [2.75, 3.05) is 19.5 Å². The fourth-order valence-corrected chi connectivity index (χ4v) is 0.647. The topological polar surface area (TPSA) is 92.8 Å². The van der Waals surface area contributed by atoms with E-state index in [4.69, 9.17) is 20.7 Å². The monoisotopic (exact) mass is 213 g/mol. The van der Waals surface area contributed by atoms with Crippen molar-refractivity contribution in [3.8, 4) is 5.75 Å². The van der Waals surface area contributed by atoms with Gasteiger partial charge < -0.3 is 25.5 Å². The SMILES string of the molecule is COc1ccc(N)cc1.O=CC(O)CO. The molecule has 0 spiro atoms. The van der Waals surface area contributed by atoms with Gasteiger partial charge in [0.05, 0.1) is 13.7 Å². The minimum atomic E-state index is -1.19. The average Bonchev–Trinajstić information content (AvgIpc) is 2.30. The normalized spacial score (nSPS) is 10.9. The van der Waals surface area contributed by atoms with E-state index >= 15 is 0 Å². The van der Waals surface area contributed by atoms with Gasteiger partial charge in [0.1, 0.15) is 11.9 Å². The second-order valence-corrected chi connectivity index (χ2v) is 2.66. The number of methoxy groups -OCH3 is 1. The molecule has 1 atom stereocenters. The van der Waals surface area contributed by atoms with Gasteiger partial charge in [-0.2, -0.15) is 0 Å². The molecule has 0 aliphatic heterocycles. The lowest BCUT2D eigenvalue weighted by Gasteiger charge is -1.97. The zero-order valence-corrected chi connectivity index (χ0v) is 8.46. The summed E-state index contributed by atoms with van der Waals surface area (Å²) >= 11 is 0. The van der Waals surface area contributed by atoms with Gasteiger partial charge in [-0.25, -0.2) is 0 Å². The number of hydrogen-bond acceptors (Lipinski definition) is 5. The van der Waals surface area contributed by atoms with E-state index in [1.54, 1.807) is 19.2 Å². The van der Waals surface area contributed by atoms with E-state index in [1.807, 2.05) is 12.1 Å². The summed E-state index contributed by atoms with van der Waals surface area (Å²) < 4.78 is 4.91. The number of benzene rings is 1. The molecule has 1 unspecified atom stereocenters. The van der Waals surface area contributed by atoms with Crippen molar-refractivity contribution in [2.45, 2.75) is 6.10 Å². The zero-order chi connectivity index (χ0) is 11.7. The van der Waals surface area contributed by atoms with Crippen LogP contribution in [-0.4, -0.2) is 36.3 Å². The molecule has 0 heterocycles. The fourth-order valence-electron chi connectivity index (χ4n) is 0.647. The van der Waals surface area contributed by atoms with Crippen LogP contribution in [-0.2, 0) is 4.79 Å². The Morgan fingerprint density at radius 2 is 2.00 bits per heavy atom. The standard InChI is InChI=1S/C7H9NO.C3H6O3/c1-9-7-4-2-6(8)3-5-7;4-1-3(6)2-5/h2-5H,8H2,1H3;1,3,5-6H,2H2. The van der Waals surface area contributed by atoms with Crippen LogP contribution in [0.1, 0.15) is 0 Å². The molecule has 0 bridgehead atoms. The number of hydrogen-bond donors (Lipinski definition) is 3. The second-order valence-electron chi connectivity index (χ2n) is 2.66. The summed E-state index contributed by atoms with van der Waals surface area (Å²) in [4.78, 5) is 9.33. The van der Waals surface area contributed by atoms with Gasteiger partial charge in [-0.3, -0.25) is 0 Å². The summed E-state index contributed by atoms with van der Waals surface area (Å²) in [6.45, 7) is -0.483. The first-order chi connectivity index (χ1) is 7.13. The molecule has 1 aromatic rings. The summed E-state index contributed by atoms with van der Waals surface area (Å²) in [6, 6.07) is 7.27. The third-order valence-electron chi connectivity index (χ3n) is 1.46. The highest BCUT2D eigenvalue weighted by Gasteiger charge is 1.92. The number of carbonyl (C=O) groups is 1. The first kappa shape index (κ1) is 13.4. The van der Waals surface area contributed by atoms with Crippen molar-refractivity contribution < 1.29 is 19.7 Å². The van der Waals surface area contributed by atoms with E-state index in [-0.39, 0.29) is 6.29 Å². The maximum absolute atomic E-state index is 9.33. The van der Waals surface area contributed by atoms with E-state index in [0.717, 1.165) is 11.4 Å². The predicted molar refractivity (Wildman–Crippen MR) is 56.6 cm³/mol. The van der Waals surface area contributed by atoms with Crippen molar-refractivity contribution in [3.63, 3.8) is 0 Å². The molecule has 84 valence electrons. The van der Waals surface area contributed by atoms with Crippen molar-refractivity contribution in [1.29, 1.82) is 0 Å². The summed E-state index contributed by atoms with van der Waals surface area (Å²) in [7, 11) is 1.63. The van der Waals surface area contributed by atoms with Crippen molar-refractivity contribution in [3.05, 3.63) is 24.3 Å². The number of aldehydes is 1. The van der Waals surface area contributed by atoms with E-state index in [0.29, 0.717) is 0 Å². The van der Waals surface area contributed by atoms with Crippen LogP contribution in [0.15, 0.2) is 24.3 Å². The molecule has 5 nitrogen and oxygen atoms in total. The Hall–Kier alpha value is -1.59. The molecule has 15 heavy (non-hydrogen) atoms. The lowest BCUT2D eigenvalue weighted by Crippen LogP contribution is -2.12. The van der Waals surface area contributed by atoms with Crippen molar-refractivity contribution >= 4 is 12.0 Å². The highest BCUT2D eigenvalue weighted by atomic mass is 16.5. The van der Waals surface area contributed by atoms with E-state index in [1.165, 1.54) is 0 Å². The molecule has 0 saturated heterocycles. The zero-order valence-electron chi connectivity index (χ0n) is 8.46. The predicted octanol–water partition coefficient (Wildman–Crippen LogP) is -0.184. The maximum atomic E-state index is 9.33. The molecule has 0 amide bonds. The Kier molecular flexibility index (Phi) is 6.96. The van der Waals surface area contributed by atoms with E-state index in [2.05, 4.69) is 0 Å². The Labute approximate surface area is 88.1 Å². The first-order valence-corrected chi connectivity index (χ1v) is 4.27. The maximum Gasteiger partial charge on any atom is 0.150 e. The summed E-state index contributed by atoms with van der Waals surface area (Å²) in [5, 5.41) is 15.9. The molecule has 1 rings (SSSR count). The van der Waals surface area contributed by atoms with Crippen LogP contribution in [0, 0.1) is 0 Å². The smallest absolute Gasteiger partial charge is 0.150 e. The van der Waals surface area contributed by atoms with Crippen LogP contribution < -0.4 is 10.5 Å². The number of nitrogen functional groups attached to an aromatic ring is 1. The molecule has 1 aromatic carbocycles. The quantitative estimate of drug-likeness (QED) is 0.478. The largest absolute Gasteiger partial charge is 0.497 e. The second kappa shape index (κ2) is 7.78. The third-order valence-corrected chi connectivity index (χ3v) is 1.46. The number of rotatable bonds is 3. The van der Waals surface area contributed by atoms with Crippen molar-refractivity contribution in [2.24, 2.45) is 0 Å². The Bertz CT molecular complexity index is 273. The summed E-state index contributed by atoms with van der Waals surface area (Å²) in [5.74, 6) is 0.837. The van der Waals surface area contributed by atoms with Crippen LogP contribution in [0.5, 0.6) is 5.75 Å². The van der Waals surface area contributed by atoms with Crippen LogP contribution in [0.2, 0.25) is 0 Å². The Morgan fingerprint density at radius 3 is 2.27 bits per heavy atom. The minimum Gasteiger partial charge on any atom is -0.497 e. The van der Waals surface area contributed by atoms with Crippen molar-refractivity contribution in [1.82, 2.24) is 0 Å². The van der Waals surface area contributed by atoms with Gasteiger partial charge in [0, 0.05) is 5.69 Å². The van der Waals surface area contributed by atoms with Crippen LogP contribution in [0.3, 0.4) is 0 Å². The molecular formula is C10H15NO4. The Morgan fingerprint density at radius 1 is 1.47 bits per heavy atom. The fraction of sp³-hybridized carbons (Fsp3) is 0.300. The molecule has 0 aromatic heterocycles. The average molecular weight is 213 g/mol. The van der Waals surface area contributed by atoms with Gasteiger partial charge in [-0.15, -0.1) is 0 Å².